The van der Waals surface area contributed by atoms with Crippen LogP contribution in [0.25, 0.3) is 0 Å². The largest absolute Gasteiger partial charge is 0.387 e. The molecule has 2 nitrogen and oxygen atoms in total. The van der Waals surface area contributed by atoms with E-state index in [2.05, 4.69) is 0 Å². The van der Waals surface area contributed by atoms with Gasteiger partial charge in [0.25, 0.3) is 0 Å². The molecule has 0 aliphatic heterocycles. The zero-order valence-electron chi connectivity index (χ0n) is 6.93. The van der Waals surface area contributed by atoms with Gasteiger partial charge in [0.15, 0.2) is 0 Å². The van der Waals surface area contributed by atoms with Crippen LogP contribution in [-0.4, -0.2) is 21.3 Å². The van der Waals surface area contributed by atoms with Gasteiger partial charge in [0.2, 0.25) is 0 Å². The Balaban J connectivity index is 2.65. The van der Waals surface area contributed by atoms with E-state index >= 15 is 0 Å². The molecule has 3 heteroatoms. The van der Waals surface area contributed by atoms with Gasteiger partial charge in [-0.25, -0.2) is 0 Å². The van der Waals surface area contributed by atoms with Gasteiger partial charge in [-0.15, -0.1) is 0 Å². The average molecular weight is 184 g/mol. The zero-order valence-corrected chi connectivity index (χ0v) is 7.75. The molecule has 1 aromatic carbocycles. The summed E-state index contributed by atoms with van der Waals surface area (Å²) in [5.74, 6) is 0.310. The number of aliphatic hydroxyl groups is 1. The van der Waals surface area contributed by atoms with Crippen molar-refractivity contribution in [3.05, 3.63) is 35.9 Å². The van der Waals surface area contributed by atoms with Crippen molar-refractivity contribution >= 4 is 10.8 Å². The van der Waals surface area contributed by atoms with Crippen molar-refractivity contribution in [1.29, 1.82) is 0 Å². The highest BCUT2D eigenvalue weighted by molar-refractivity contribution is 7.84. The molecule has 2 atom stereocenters. The maximum absolute atomic E-state index is 10.8. The van der Waals surface area contributed by atoms with Crippen LogP contribution in [0.2, 0.25) is 0 Å². The van der Waals surface area contributed by atoms with Crippen LogP contribution in [0.15, 0.2) is 30.3 Å². The number of benzene rings is 1. The van der Waals surface area contributed by atoms with Gasteiger partial charge in [-0.2, -0.15) is 0 Å². The monoisotopic (exact) mass is 184 g/mol. The first-order valence-electron chi connectivity index (χ1n) is 3.73. The van der Waals surface area contributed by atoms with Crippen molar-refractivity contribution in [3.8, 4) is 0 Å². The van der Waals surface area contributed by atoms with Crippen LogP contribution < -0.4 is 0 Å². The number of aliphatic hydroxyl groups excluding tert-OH is 1. The van der Waals surface area contributed by atoms with Gasteiger partial charge in [0.1, 0.15) is 0 Å². The van der Waals surface area contributed by atoms with E-state index in [9.17, 15) is 9.32 Å². The molecule has 0 spiro atoms. The lowest BCUT2D eigenvalue weighted by atomic mass is 10.1. The Morgan fingerprint density at radius 1 is 1.42 bits per heavy atom. The van der Waals surface area contributed by atoms with Crippen LogP contribution in [0.1, 0.15) is 11.7 Å². The smallest absolute Gasteiger partial charge is 0.0905 e. The summed E-state index contributed by atoms with van der Waals surface area (Å²) in [6.07, 6.45) is 0.989. The lowest BCUT2D eigenvalue weighted by molar-refractivity contribution is 0.203. The quantitative estimate of drug-likeness (QED) is 0.763. The van der Waals surface area contributed by atoms with Gasteiger partial charge in [-0.1, -0.05) is 30.3 Å². The minimum atomic E-state index is -0.946. The van der Waals surface area contributed by atoms with Crippen molar-refractivity contribution < 1.29 is 9.32 Å². The summed E-state index contributed by atoms with van der Waals surface area (Å²) in [7, 11) is -0.946. The summed E-state index contributed by atoms with van der Waals surface area (Å²) in [5, 5.41) is 9.50. The van der Waals surface area contributed by atoms with E-state index in [0.717, 1.165) is 5.56 Å². The van der Waals surface area contributed by atoms with Gasteiger partial charge < -0.3 is 5.11 Å². The Labute approximate surface area is 74.7 Å². The molecule has 0 fully saturated rings. The summed E-state index contributed by atoms with van der Waals surface area (Å²) in [5.41, 5.74) is 0.827. The van der Waals surface area contributed by atoms with Gasteiger partial charge in [-0.3, -0.25) is 4.21 Å². The Hall–Kier alpha value is -0.670. The molecular weight excluding hydrogens is 172 g/mol. The second kappa shape index (κ2) is 4.38. The third-order valence-electron chi connectivity index (χ3n) is 1.58. The highest BCUT2D eigenvalue weighted by Crippen LogP contribution is 2.12. The molecule has 1 rings (SSSR count). The van der Waals surface area contributed by atoms with Crippen molar-refractivity contribution in [2.45, 2.75) is 6.10 Å². The van der Waals surface area contributed by atoms with Crippen molar-refractivity contribution in [1.82, 2.24) is 0 Å². The van der Waals surface area contributed by atoms with Crippen LogP contribution in [-0.2, 0) is 10.8 Å². The summed E-state index contributed by atoms with van der Waals surface area (Å²) < 4.78 is 10.8. The Morgan fingerprint density at radius 3 is 2.50 bits per heavy atom. The molecular formula is C9H12O2S. The highest BCUT2D eigenvalue weighted by Gasteiger charge is 2.07. The first kappa shape index (κ1) is 9.42. The molecule has 0 amide bonds. The van der Waals surface area contributed by atoms with Gasteiger partial charge in [0, 0.05) is 17.1 Å². The average Bonchev–Trinajstić information content (AvgIpc) is 2.05. The molecule has 0 aliphatic rings. The van der Waals surface area contributed by atoms with Gasteiger partial charge >= 0.3 is 0 Å². The van der Waals surface area contributed by atoms with E-state index in [1.807, 2.05) is 30.3 Å². The van der Waals surface area contributed by atoms with E-state index in [1.165, 1.54) is 0 Å². The lowest BCUT2D eigenvalue weighted by Crippen LogP contribution is -2.07. The van der Waals surface area contributed by atoms with Crippen LogP contribution in [0.4, 0.5) is 0 Å². The summed E-state index contributed by atoms with van der Waals surface area (Å²) in [6.45, 7) is 0. The predicted octanol–water partition coefficient (Wildman–Crippen LogP) is 1.10. The fraction of sp³-hybridized carbons (Fsp3) is 0.333. The van der Waals surface area contributed by atoms with E-state index < -0.39 is 16.9 Å². The summed E-state index contributed by atoms with van der Waals surface area (Å²) in [6, 6.07) is 9.27. The number of rotatable bonds is 3. The number of hydrogen-bond acceptors (Lipinski definition) is 2. The molecule has 1 N–H and O–H groups in total. The van der Waals surface area contributed by atoms with Crippen molar-refractivity contribution in [3.63, 3.8) is 0 Å². The van der Waals surface area contributed by atoms with Crippen molar-refractivity contribution in [2.75, 3.05) is 12.0 Å². The number of hydrogen-bond donors (Lipinski definition) is 1. The molecule has 12 heavy (non-hydrogen) atoms. The molecule has 0 radical (unpaired) electrons. The lowest BCUT2D eigenvalue weighted by Gasteiger charge is -2.07. The SMILES string of the molecule is C[S@@](=O)C[C@H](O)c1ccccc1. The fourth-order valence-corrected chi connectivity index (χ4v) is 1.63. The molecule has 0 bridgehead atoms. The molecule has 0 saturated carbocycles. The van der Waals surface area contributed by atoms with Crippen LogP contribution in [0, 0.1) is 0 Å². The van der Waals surface area contributed by atoms with E-state index in [1.54, 1.807) is 6.26 Å². The van der Waals surface area contributed by atoms with Crippen LogP contribution in [0.3, 0.4) is 0 Å². The second-order valence-corrected chi connectivity index (χ2v) is 4.15. The fourth-order valence-electron chi connectivity index (χ4n) is 0.994. The third-order valence-corrected chi connectivity index (χ3v) is 2.36. The maximum atomic E-state index is 10.8. The summed E-state index contributed by atoms with van der Waals surface area (Å²) in [4.78, 5) is 0. The first-order chi connectivity index (χ1) is 5.70. The van der Waals surface area contributed by atoms with Gasteiger partial charge in [-0.05, 0) is 5.56 Å². The normalized spacial score (nSPS) is 15.5. The van der Waals surface area contributed by atoms with Gasteiger partial charge in [0.05, 0.1) is 11.9 Å². The topological polar surface area (TPSA) is 37.3 Å². The van der Waals surface area contributed by atoms with Crippen LogP contribution in [0.5, 0.6) is 0 Å². The summed E-state index contributed by atoms with van der Waals surface area (Å²) >= 11 is 0. The Bertz CT molecular complexity index is 258. The standard InChI is InChI=1S/C9H12O2S/c1-12(11)7-9(10)8-5-3-2-4-6-8/h2-6,9-10H,7H2,1H3/t9-,12+/m0/s1. The first-order valence-corrected chi connectivity index (χ1v) is 5.46. The van der Waals surface area contributed by atoms with Crippen molar-refractivity contribution in [2.24, 2.45) is 0 Å². The zero-order chi connectivity index (χ0) is 8.97. The highest BCUT2D eigenvalue weighted by atomic mass is 32.2. The van der Waals surface area contributed by atoms with Crippen LogP contribution >= 0.6 is 0 Å². The molecule has 0 aromatic heterocycles. The third kappa shape index (κ3) is 2.75. The molecule has 0 heterocycles. The van der Waals surface area contributed by atoms with E-state index in [0.29, 0.717) is 5.75 Å². The second-order valence-electron chi connectivity index (χ2n) is 2.67. The Morgan fingerprint density at radius 2 is 2.00 bits per heavy atom. The minimum absolute atomic E-state index is 0.310. The Kier molecular flexibility index (Phi) is 3.44. The molecule has 1 aromatic rings. The molecule has 0 saturated heterocycles. The molecule has 66 valence electrons. The molecule has 0 unspecified atom stereocenters. The maximum Gasteiger partial charge on any atom is 0.0905 e. The van der Waals surface area contributed by atoms with E-state index in [-0.39, 0.29) is 0 Å². The minimum Gasteiger partial charge on any atom is -0.387 e. The predicted molar refractivity (Wildman–Crippen MR) is 50.3 cm³/mol. The molecule has 0 aliphatic carbocycles. The van der Waals surface area contributed by atoms with E-state index in [4.69, 9.17) is 0 Å².